The number of halogens is 3. The average molecular weight is 397 g/mol. The van der Waals surface area contributed by atoms with Crippen LogP contribution in [0.1, 0.15) is 16.8 Å². The minimum absolute atomic E-state index is 0.649. The number of H-pyrrole nitrogens is 1. The van der Waals surface area contributed by atoms with Gasteiger partial charge in [-0.15, -0.1) is 0 Å². The second kappa shape index (κ2) is 6.45. The molecule has 0 atom stereocenters. The van der Waals surface area contributed by atoms with Crippen molar-refractivity contribution in [2.45, 2.75) is 26.2 Å². The zero-order chi connectivity index (χ0) is 20.2. The highest BCUT2D eigenvalue weighted by molar-refractivity contribution is 5.99. The number of nitrogens with one attached hydrogen (secondary N) is 2. The first-order chi connectivity index (χ1) is 13.9. The minimum Gasteiger partial charge on any atom is -0.346 e. The molecule has 2 N–H and O–H groups in total. The van der Waals surface area contributed by atoms with Gasteiger partial charge in [0, 0.05) is 42.0 Å². The summed E-state index contributed by atoms with van der Waals surface area (Å²) in [5.41, 5.74) is 5.46. The second-order valence-corrected chi connectivity index (χ2v) is 7.20. The van der Waals surface area contributed by atoms with Gasteiger partial charge in [-0.05, 0) is 36.2 Å². The lowest BCUT2D eigenvalue weighted by Gasteiger charge is -2.16. The highest BCUT2D eigenvalue weighted by Gasteiger charge is 2.31. The van der Waals surface area contributed by atoms with Crippen LogP contribution in [0.4, 0.5) is 13.2 Å². The topological polar surface area (TPSA) is 58.5 Å². The Hall–Kier alpha value is -3.13. The van der Waals surface area contributed by atoms with Crippen LogP contribution in [-0.4, -0.2) is 26.3 Å². The van der Waals surface area contributed by atoms with Gasteiger partial charge in [-0.2, -0.15) is 18.3 Å². The van der Waals surface area contributed by atoms with Crippen molar-refractivity contribution >= 4 is 11.0 Å². The van der Waals surface area contributed by atoms with Gasteiger partial charge in [0.05, 0.1) is 17.8 Å². The van der Waals surface area contributed by atoms with Gasteiger partial charge in [0.2, 0.25) is 0 Å². The monoisotopic (exact) mass is 397 g/mol. The summed E-state index contributed by atoms with van der Waals surface area (Å²) < 4.78 is 40.9. The molecule has 0 aliphatic carbocycles. The molecule has 0 fully saturated rings. The largest absolute Gasteiger partial charge is 0.416 e. The number of fused-ring (bicyclic) bond motifs is 2. The number of rotatable bonds is 2. The Balaban J connectivity index is 1.75. The van der Waals surface area contributed by atoms with Crippen molar-refractivity contribution in [3.63, 3.8) is 0 Å². The lowest BCUT2D eigenvalue weighted by molar-refractivity contribution is -0.137. The third kappa shape index (κ3) is 2.91. The maximum absolute atomic E-state index is 13.0. The van der Waals surface area contributed by atoms with E-state index in [1.165, 1.54) is 12.1 Å². The summed E-state index contributed by atoms with van der Waals surface area (Å²) in [6, 6.07) is 7.16. The molecule has 0 spiro atoms. The Morgan fingerprint density at radius 3 is 2.66 bits per heavy atom. The van der Waals surface area contributed by atoms with Gasteiger partial charge in [-0.3, -0.25) is 4.68 Å². The molecule has 148 valence electrons. The number of hydrogen-bond donors (Lipinski definition) is 2. The molecule has 0 unspecified atom stereocenters. The van der Waals surface area contributed by atoms with Crippen LogP contribution in [0.15, 0.2) is 42.7 Å². The van der Waals surface area contributed by atoms with Crippen LogP contribution in [0, 0.1) is 6.92 Å². The van der Waals surface area contributed by atoms with Crippen molar-refractivity contribution in [1.82, 2.24) is 25.1 Å². The van der Waals surface area contributed by atoms with Crippen molar-refractivity contribution in [1.29, 1.82) is 0 Å². The number of pyridine rings is 1. The lowest BCUT2D eigenvalue weighted by Crippen LogP contribution is -2.28. The average Bonchev–Trinajstić information content (AvgIpc) is 3.28. The maximum Gasteiger partial charge on any atom is 0.416 e. The van der Waals surface area contributed by atoms with Crippen LogP contribution in [0.25, 0.3) is 33.4 Å². The van der Waals surface area contributed by atoms with Crippen LogP contribution in [0.5, 0.6) is 0 Å². The number of nitrogens with zero attached hydrogens (tertiary/aromatic N) is 3. The van der Waals surface area contributed by atoms with E-state index in [4.69, 9.17) is 5.10 Å². The van der Waals surface area contributed by atoms with Gasteiger partial charge < -0.3 is 10.3 Å². The third-order valence-electron chi connectivity index (χ3n) is 5.38. The summed E-state index contributed by atoms with van der Waals surface area (Å²) in [4.78, 5) is 7.58. The van der Waals surface area contributed by atoms with E-state index in [2.05, 4.69) is 15.3 Å². The molecule has 4 aromatic rings. The minimum atomic E-state index is -4.36. The van der Waals surface area contributed by atoms with E-state index < -0.39 is 11.7 Å². The molecule has 5 nitrogen and oxygen atoms in total. The summed E-state index contributed by atoms with van der Waals surface area (Å²) in [7, 11) is 0. The molecule has 0 bridgehead atoms. The fourth-order valence-electron chi connectivity index (χ4n) is 3.98. The third-order valence-corrected chi connectivity index (χ3v) is 5.38. The fraction of sp³-hybridized carbons (Fsp3) is 0.238. The van der Waals surface area contributed by atoms with Crippen LogP contribution in [-0.2, 0) is 19.3 Å². The molecule has 1 aromatic carbocycles. The van der Waals surface area contributed by atoms with Gasteiger partial charge >= 0.3 is 6.18 Å². The van der Waals surface area contributed by atoms with E-state index in [0.29, 0.717) is 24.3 Å². The summed E-state index contributed by atoms with van der Waals surface area (Å²) >= 11 is 0. The summed E-state index contributed by atoms with van der Waals surface area (Å²) in [6.45, 7) is 4.17. The molecule has 3 aromatic heterocycles. The number of aromatic nitrogens is 4. The van der Waals surface area contributed by atoms with Crippen molar-refractivity contribution in [3.8, 4) is 22.4 Å². The molecule has 29 heavy (non-hydrogen) atoms. The first-order valence-corrected chi connectivity index (χ1v) is 9.34. The van der Waals surface area contributed by atoms with Gasteiger partial charge in [0.1, 0.15) is 11.3 Å². The lowest BCUT2D eigenvalue weighted by atomic mass is 9.95. The van der Waals surface area contributed by atoms with E-state index in [-0.39, 0.29) is 0 Å². The number of alkyl halides is 3. The maximum atomic E-state index is 13.0. The molecule has 5 rings (SSSR count). The molecular formula is C21H18F3N5. The first-order valence-electron chi connectivity index (χ1n) is 9.34. The summed E-state index contributed by atoms with van der Waals surface area (Å²) in [6.07, 6.45) is -0.712. The van der Waals surface area contributed by atoms with Gasteiger partial charge in [-0.25, -0.2) is 4.98 Å². The van der Waals surface area contributed by atoms with E-state index in [1.54, 1.807) is 6.20 Å². The number of aryl methyl sites for hydroxylation is 1. The highest BCUT2D eigenvalue weighted by Crippen LogP contribution is 2.40. The standard InChI is InChI=1S/C21H18F3N5/c1-12-10-27-20-17(12)15(6-7-26-20)18-16-11-25-8-9-29(16)28-19(18)13-2-4-14(5-3-13)21(22,23)24/h2-7,10,25H,8-9,11H2,1H3,(H,26,27). The van der Waals surface area contributed by atoms with E-state index >= 15 is 0 Å². The van der Waals surface area contributed by atoms with Crippen LogP contribution < -0.4 is 5.32 Å². The molecular weight excluding hydrogens is 379 g/mol. The Labute approximate surface area is 164 Å². The van der Waals surface area contributed by atoms with Crippen LogP contribution >= 0.6 is 0 Å². The van der Waals surface area contributed by atoms with Crippen molar-refractivity contribution < 1.29 is 13.2 Å². The Kier molecular flexibility index (Phi) is 3.99. The van der Waals surface area contributed by atoms with Crippen LogP contribution in [0.3, 0.4) is 0 Å². The van der Waals surface area contributed by atoms with Gasteiger partial charge in [0.25, 0.3) is 0 Å². The molecule has 0 amide bonds. The molecule has 8 heteroatoms. The molecule has 1 aliphatic heterocycles. The predicted octanol–water partition coefficient (Wildman–Crippen LogP) is 4.52. The smallest absolute Gasteiger partial charge is 0.346 e. The molecule has 0 saturated heterocycles. The van der Waals surface area contributed by atoms with E-state index in [0.717, 1.165) is 52.1 Å². The Bertz CT molecular complexity index is 1200. The quantitative estimate of drug-likeness (QED) is 0.523. The molecule has 4 heterocycles. The fourth-order valence-corrected chi connectivity index (χ4v) is 3.98. The SMILES string of the molecule is Cc1c[nH]c2nccc(-c3c(-c4ccc(C(F)(F)F)cc4)nn4c3CNCC4)c12. The van der Waals surface area contributed by atoms with E-state index in [9.17, 15) is 13.2 Å². The summed E-state index contributed by atoms with van der Waals surface area (Å²) in [5, 5.41) is 9.15. The summed E-state index contributed by atoms with van der Waals surface area (Å²) in [5.74, 6) is 0. The zero-order valence-corrected chi connectivity index (χ0v) is 15.6. The zero-order valence-electron chi connectivity index (χ0n) is 15.6. The Morgan fingerprint density at radius 2 is 1.90 bits per heavy atom. The Morgan fingerprint density at radius 1 is 1.10 bits per heavy atom. The van der Waals surface area contributed by atoms with Crippen LogP contribution in [0.2, 0.25) is 0 Å². The van der Waals surface area contributed by atoms with Gasteiger partial charge in [-0.1, -0.05) is 12.1 Å². The molecule has 0 radical (unpaired) electrons. The van der Waals surface area contributed by atoms with Crippen molar-refractivity contribution in [2.24, 2.45) is 0 Å². The van der Waals surface area contributed by atoms with E-state index in [1.807, 2.05) is 23.9 Å². The van der Waals surface area contributed by atoms with Crippen molar-refractivity contribution in [2.75, 3.05) is 6.54 Å². The first kappa shape index (κ1) is 17.9. The number of hydrogen-bond acceptors (Lipinski definition) is 3. The van der Waals surface area contributed by atoms with Crippen molar-refractivity contribution in [3.05, 3.63) is 59.5 Å². The number of benzene rings is 1. The number of aromatic amines is 1. The normalized spacial score (nSPS) is 14.3. The van der Waals surface area contributed by atoms with Gasteiger partial charge in [0.15, 0.2) is 0 Å². The predicted molar refractivity (Wildman–Crippen MR) is 104 cm³/mol. The molecule has 1 aliphatic rings. The second-order valence-electron chi connectivity index (χ2n) is 7.20. The molecule has 0 saturated carbocycles. The highest BCUT2D eigenvalue weighted by atomic mass is 19.4.